The number of ether oxygens (including phenoxy) is 1. The third-order valence-corrected chi connectivity index (χ3v) is 2.62. The summed E-state index contributed by atoms with van der Waals surface area (Å²) in [6, 6.07) is 6.45. The molecule has 1 aromatic carbocycles. The van der Waals surface area contributed by atoms with Crippen molar-refractivity contribution >= 4 is 11.9 Å². The number of aliphatic hydroxyl groups is 1. The van der Waals surface area contributed by atoms with Gasteiger partial charge in [-0.25, -0.2) is 4.79 Å². The third-order valence-electron chi connectivity index (χ3n) is 2.62. The van der Waals surface area contributed by atoms with Crippen LogP contribution in [-0.2, 0) is 16.0 Å². The number of carboxylic acid groups (broad SMARTS) is 1. The Morgan fingerprint density at radius 1 is 1.20 bits per heavy atom. The summed E-state index contributed by atoms with van der Waals surface area (Å²) in [5.41, 5.74) is 0.642. The summed E-state index contributed by atoms with van der Waals surface area (Å²) in [6.45, 7) is 1.20. The molecule has 0 aliphatic carbocycles. The highest BCUT2D eigenvalue weighted by atomic mass is 16.5. The van der Waals surface area contributed by atoms with Crippen molar-refractivity contribution in [3.8, 4) is 0 Å². The quantitative estimate of drug-likeness (QED) is 0.571. The van der Waals surface area contributed by atoms with Crippen LogP contribution in [0.25, 0.3) is 0 Å². The number of carbonyl (C=O) groups is 2. The summed E-state index contributed by atoms with van der Waals surface area (Å²) >= 11 is 0. The monoisotopic (exact) mass is 281 g/mol. The van der Waals surface area contributed by atoms with Gasteiger partial charge in [0, 0.05) is 13.2 Å². The summed E-state index contributed by atoms with van der Waals surface area (Å²) < 4.78 is 5.05. The summed E-state index contributed by atoms with van der Waals surface area (Å²) in [7, 11) is 0. The average molecular weight is 281 g/mol. The molecule has 0 aliphatic rings. The molecule has 0 saturated carbocycles. The van der Waals surface area contributed by atoms with Crippen molar-refractivity contribution in [1.29, 1.82) is 0 Å². The SMILES string of the molecule is O=C(Cc1ccccc1C(=O)O)NCCCOCCO. The lowest BCUT2D eigenvalue weighted by molar-refractivity contribution is -0.120. The molecule has 0 heterocycles. The fourth-order valence-corrected chi connectivity index (χ4v) is 1.69. The molecule has 0 bridgehead atoms. The van der Waals surface area contributed by atoms with Crippen molar-refractivity contribution in [2.75, 3.05) is 26.4 Å². The Morgan fingerprint density at radius 2 is 1.95 bits per heavy atom. The number of aromatic carboxylic acids is 1. The zero-order chi connectivity index (χ0) is 14.8. The fourth-order valence-electron chi connectivity index (χ4n) is 1.69. The molecule has 0 radical (unpaired) electrons. The minimum absolute atomic E-state index is 0.0155. The normalized spacial score (nSPS) is 10.2. The van der Waals surface area contributed by atoms with Gasteiger partial charge in [0.15, 0.2) is 0 Å². The van der Waals surface area contributed by atoms with Crippen molar-refractivity contribution in [3.63, 3.8) is 0 Å². The van der Waals surface area contributed by atoms with E-state index in [2.05, 4.69) is 5.32 Å². The van der Waals surface area contributed by atoms with Crippen LogP contribution in [0.4, 0.5) is 0 Å². The Hall–Kier alpha value is -1.92. The molecule has 0 fully saturated rings. The zero-order valence-electron chi connectivity index (χ0n) is 11.2. The highest BCUT2D eigenvalue weighted by Crippen LogP contribution is 2.09. The standard InChI is InChI=1S/C14H19NO5/c16-7-9-20-8-3-6-15-13(17)10-11-4-1-2-5-12(11)14(18)19/h1-2,4-5,16H,3,6-10H2,(H,15,17)(H,18,19). The second kappa shape index (κ2) is 9.06. The Kier molecular flexibility index (Phi) is 7.31. The minimum Gasteiger partial charge on any atom is -0.478 e. The number of carbonyl (C=O) groups excluding carboxylic acids is 1. The Morgan fingerprint density at radius 3 is 2.65 bits per heavy atom. The maximum atomic E-state index is 11.7. The first-order chi connectivity index (χ1) is 9.65. The van der Waals surface area contributed by atoms with Crippen LogP contribution in [-0.4, -0.2) is 48.5 Å². The van der Waals surface area contributed by atoms with Crippen LogP contribution in [0, 0.1) is 0 Å². The Balaban J connectivity index is 2.34. The highest BCUT2D eigenvalue weighted by Gasteiger charge is 2.11. The molecule has 1 amide bonds. The highest BCUT2D eigenvalue weighted by molar-refractivity contribution is 5.91. The van der Waals surface area contributed by atoms with E-state index in [4.69, 9.17) is 14.9 Å². The van der Waals surface area contributed by atoms with Gasteiger partial charge in [-0.2, -0.15) is 0 Å². The van der Waals surface area contributed by atoms with Crippen LogP contribution >= 0.6 is 0 Å². The van der Waals surface area contributed by atoms with Crippen LogP contribution < -0.4 is 5.32 Å². The number of amides is 1. The Bertz CT molecular complexity index is 447. The second-order valence-corrected chi connectivity index (χ2v) is 4.18. The number of aliphatic hydroxyl groups excluding tert-OH is 1. The van der Waals surface area contributed by atoms with Crippen LogP contribution in [0.5, 0.6) is 0 Å². The Labute approximate surface area is 117 Å². The van der Waals surface area contributed by atoms with Crippen molar-refractivity contribution in [2.24, 2.45) is 0 Å². The van der Waals surface area contributed by atoms with Crippen molar-refractivity contribution < 1.29 is 24.5 Å². The molecule has 0 atom stereocenters. The van der Waals surface area contributed by atoms with Crippen molar-refractivity contribution in [1.82, 2.24) is 5.32 Å². The van der Waals surface area contributed by atoms with E-state index in [-0.39, 0.29) is 24.5 Å². The molecule has 0 aliphatic heterocycles. The van der Waals surface area contributed by atoms with Crippen molar-refractivity contribution in [2.45, 2.75) is 12.8 Å². The summed E-state index contributed by atoms with van der Waals surface area (Å²) in [6.07, 6.45) is 0.687. The van der Waals surface area contributed by atoms with Gasteiger partial charge in [-0.15, -0.1) is 0 Å². The predicted molar refractivity (Wildman–Crippen MR) is 72.6 cm³/mol. The first kappa shape index (κ1) is 16.1. The van der Waals surface area contributed by atoms with E-state index in [1.165, 1.54) is 6.07 Å². The molecular weight excluding hydrogens is 262 g/mol. The molecule has 3 N–H and O–H groups in total. The van der Waals surface area contributed by atoms with E-state index in [0.717, 1.165) is 0 Å². The number of benzene rings is 1. The summed E-state index contributed by atoms with van der Waals surface area (Å²) in [4.78, 5) is 22.7. The molecular formula is C14H19NO5. The van der Waals surface area contributed by atoms with E-state index in [9.17, 15) is 9.59 Å². The predicted octanol–water partition coefficient (Wildman–Crippen LogP) is 0.442. The van der Waals surface area contributed by atoms with Crippen molar-refractivity contribution in [3.05, 3.63) is 35.4 Å². The van der Waals surface area contributed by atoms with E-state index >= 15 is 0 Å². The van der Waals surface area contributed by atoms with Gasteiger partial charge in [-0.3, -0.25) is 4.79 Å². The summed E-state index contributed by atoms with van der Waals surface area (Å²) in [5.74, 6) is -1.26. The van der Waals surface area contributed by atoms with Gasteiger partial charge in [0.05, 0.1) is 25.2 Å². The van der Waals surface area contributed by atoms with E-state index in [1.807, 2.05) is 0 Å². The first-order valence-electron chi connectivity index (χ1n) is 6.41. The van der Waals surface area contributed by atoms with Gasteiger partial charge in [0.2, 0.25) is 5.91 Å². The molecule has 6 heteroatoms. The first-order valence-corrected chi connectivity index (χ1v) is 6.41. The number of nitrogens with one attached hydrogen (secondary N) is 1. The van der Waals surface area contributed by atoms with E-state index in [1.54, 1.807) is 18.2 Å². The molecule has 0 aromatic heterocycles. The van der Waals surface area contributed by atoms with Crippen LogP contribution in [0.2, 0.25) is 0 Å². The van der Waals surface area contributed by atoms with Gasteiger partial charge < -0.3 is 20.3 Å². The van der Waals surface area contributed by atoms with Gasteiger partial charge >= 0.3 is 5.97 Å². The molecule has 1 aromatic rings. The van der Waals surface area contributed by atoms with Gasteiger partial charge in [0.1, 0.15) is 0 Å². The number of rotatable bonds is 9. The van der Waals surface area contributed by atoms with Gasteiger partial charge in [-0.1, -0.05) is 18.2 Å². The van der Waals surface area contributed by atoms with Crippen LogP contribution in [0.15, 0.2) is 24.3 Å². The fraction of sp³-hybridized carbons (Fsp3) is 0.429. The van der Waals surface area contributed by atoms with Gasteiger partial charge in [0.25, 0.3) is 0 Å². The van der Waals surface area contributed by atoms with Crippen LogP contribution in [0.1, 0.15) is 22.3 Å². The smallest absolute Gasteiger partial charge is 0.335 e. The van der Waals surface area contributed by atoms with Crippen LogP contribution in [0.3, 0.4) is 0 Å². The summed E-state index contributed by atoms with van der Waals surface area (Å²) in [5, 5.41) is 20.2. The van der Waals surface area contributed by atoms with E-state index in [0.29, 0.717) is 31.7 Å². The molecule has 0 saturated heterocycles. The zero-order valence-corrected chi connectivity index (χ0v) is 11.2. The second-order valence-electron chi connectivity index (χ2n) is 4.18. The molecule has 6 nitrogen and oxygen atoms in total. The lowest BCUT2D eigenvalue weighted by Crippen LogP contribution is -2.27. The number of carboxylic acids is 1. The molecule has 110 valence electrons. The average Bonchev–Trinajstić information content (AvgIpc) is 2.43. The number of hydrogen-bond acceptors (Lipinski definition) is 4. The maximum Gasteiger partial charge on any atom is 0.335 e. The lowest BCUT2D eigenvalue weighted by Gasteiger charge is -2.07. The molecule has 1 rings (SSSR count). The minimum atomic E-state index is -1.04. The lowest BCUT2D eigenvalue weighted by atomic mass is 10.0. The molecule has 0 unspecified atom stereocenters. The molecule has 20 heavy (non-hydrogen) atoms. The third kappa shape index (κ3) is 5.81. The largest absolute Gasteiger partial charge is 0.478 e. The maximum absolute atomic E-state index is 11.7. The molecule has 0 spiro atoms. The van der Waals surface area contributed by atoms with Gasteiger partial charge in [-0.05, 0) is 18.1 Å². The number of hydrogen-bond donors (Lipinski definition) is 3. The topological polar surface area (TPSA) is 95.9 Å². The van der Waals surface area contributed by atoms with E-state index < -0.39 is 5.97 Å².